The van der Waals surface area contributed by atoms with E-state index in [9.17, 15) is 9.18 Å². The highest BCUT2D eigenvalue weighted by Crippen LogP contribution is 2.44. The van der Waals surface area contributed by atoms with Crippen molar-refractivity contribution in [2.45, 2.75) is 25.3 Å². The van der Waals surface area contributed by atoms with Crippen LogP contribution in [0.25, 0.3) is 11.0 Å². The van der Waals surface area contributed by atoms with Crippen molar-refractivity contribution in [2.75, 3.05) is 5.32 Å². The number of carbonyl (C=O) groups excluding carboxylic acids is 1. The molecule has 6 heteroatoms. The summed E-state index contributed by atoms with van der Waals surface area (Å²) < 4.78 is 16.7. The Morgan fingerprint density at radius 3 is 2.88 bits per heavy atom. The molecule has 1 atom stereocenters. The van der Waals surface area contributed by atoms with E-state index in [4.69, 9.17) is 4.98 Å². The molecule has 0 spiro atoms. The normalized spacial score (nSPS) is 19.3. The van der Waals surface area contributed by atoms with Crippen LogP contribution >= 0.6 is 15.9 Å². The largest absolute Gasteiger partial charge is 0.329 e. The summed E-state index contributed by atoms with van der Waals surface area (Å²) in [5.41, 5.74) is 4.13. The summed E-state index contributed by atoms with van der Waals surface area (Å²) in [6.45, 7) is 0. The second kappa shape index (κ2) is 5.77. The number of para-hydroxylation sites is 2. The Labute approximate surface area is 157 Å². The molecular weight excluding hydrogens is 397 g/mol. The Morgan fingerprint density at radius 1 is 1.15 bits per heavy atom. The van der Waals surface area contributed by atoms with E-state index < -0.39 is 6.04 Å². The van der Waals surface area contributed by atoms with E-state index in [0.717, 1.165) is 40.7 Å². The molecule has 1 aliphatic carbocycles. The van der Waals surface area contributed by atoms with Crippen LogP contribution in [0.1, 0.15) is 30.9 Å². The van der Waals surface area contributed by atoms with Crippen LogP contribution in [-0.2, 0) is 4.79 Å². The maximum absolute atomic E-state index is 14.3. The number of carbonyl (C=O) groups is 1. The lowest BCUT2D eigenvalue weighted by molar-refractivity contribution is -0.116. The Hall–Kier alpha value is -2.47. The number of hydrogen-bond donors (Lipinski definition) is 1. The third-order valence-electron chi connectivity index (χ3n) is 5.12. The van der Waals surface area contributed by atoms with E-state index >= 15 is 0 Å². The summed E-state index contributed by atoms with van der Waals surface area (Å²) in [5, 5.41) is 3.35. The molecule has 0 saturated heterocycles. The van der Waals surface area contributed by atoms with Crippen LogP contribution in [0.4, 0.5) is 10.3 Å². The van der Waals surface area contributed by atoms with Gasteiger partial charge in [-0.25, -0.2) is 9.37 Å². The number of anilines is 1. The Balaban J connectivity index is 1.85. The lowest BCUT2D eigenvalue weighted by Gasteiger charge is -2.34. The Kier molecular flexibility index (Phi) is 3.50. The van der Waals surface area contributed by atoms with Gasteiger partial charge in [-0.3, -0.25) is 9.36 Å². The van der Waals surface area contributed by atoms with E-state index in [-0.39, 0.29) is 11.6 Å². The van der Waals surface area contributed by atoms with Crippen molar-refractivity contribution >= 4 is 38.7 Å². The quantitative estimate of drug-likeness (QED) is 0.615. The lowest BCUT2D eigenvalue weighted by Crippen LogP contribution is -2.31. The second-order valence-corrected chi connectivity index (χ2v) is 7.43. The fraction of sp³-hybridized carbons (Fsp3) is 0.200. The number of aromatic nitrogens is 2. The monoisotopic (exact) mass is 411 g/mol. The molecule has 130 valence electrons. The number of Topliss-reactive ketones (excluding diaryl/α,β-unsaturated/α-hetero) is 1. The number of nitrogens with one attached hydrogen (secondary N) is 1. The van der Waals surface area contributed by atoms with Gasteiger partial charge < -0.3 is 5.32 Å². The summed E-state index contributed by atoms with van der Waals surface area (Å²) in [6, 6.07) is 12.4. The molecule has 0 saturated carbocycles. The van der Waals surface area contributed by atoms with Crippen LogP contribution in [0.15, 0.2) is 58.2 Å². The molecule has 2 aromatic carbocycles. The highest BCUT2D eigenvalue weighted by atomic mass is 79.9. The molecule has 2 aliphatic rings. The topological polar surface area (TPSA) is 46.9 Å². The fourth-order valence-corrected chi connectivity index (χ4v) is 4.48. The predicted molar refractivity (Wildman–Crippen MR) is 101 cm³/mol. The van der Waals surface area contributed by atoms with Crippen LogP contribution in [0.3, 0.4) is 0 Å². The van der Waals surface area contributed by atoms with Gasteiger partial charge in [0.05, 0.1) is 21.5 Å². The molecule has 0 bridgehead atoms. The predicted octanol–water partition coefficient (Wildman–Crippen LogP) is 4.96. The molecule has 0 fully saturated rings. The van der Waals surface area contributed by atoms with Gasteiger partial charge in [0, 0.05) is 17.7 Å². The van der Waals surface area contributed by atoms with Gasteiger partial charge in [-0.15, -0.1) is 0 Å². The smallest absolute Gasteiger partial charge is 0.209 e. The highest BCUT2D eigenvalue weighted by molar-refractivity contribution is 9.10. The Bertz CT molecular complexity index is 1100. The van der Waals surface area contributed by atoms with E-state index in [0.29, 0.717) is 16.8 Å². The van der Waals surface area contributed by atoms with Crippen molar-refractivity contribution in [1.82, 2.24) is 9.55 Å². The van der Waals surface area contributed by atoms with Gasteiger partial charge in [-0.1, -0.05) is 24.3 Å². The molecule has 1 aliphatic heterocycles. The van der Waals surface area contributed by atoms with Gasteiger partial charge in [0.25, 0.3) is 0 Å². The summed E-state index contributed by atoms with van der Waals surface area (Å²) in [5.74, 6) is 0.474. The van der Waals surface area contributed by atoms with Crippen molar-refractivity contribution in [3.05, 3.63) is 69.6 Å². The first-order chi connectivity index (χ1) is 12.6. The van der Waals surface area contributed by atoms with Gasteiger partial charge in [0.2, 0.25) is 5.95 Å². The minimum absolute atomic E-state index is 0.114. The first-order valence-electron chi connectivity index (χ1n) is 8.59. The number of rotatable bonds is 1. The number of imidazole rings is 1. The molecule has 2 heterocycles. The number of nitrogens with zero attached hydrogens (tertiary/aromatic N) is 2. The second-order valence-electron chi connectivity index (χ2n) is 6.63. The fourth-order valence-electron chi connectivity index (χ4n) is 4.00. The minimum atomic E-state index is -0.397. The van der Waals surface area contributed by atoms with Gasteiger partial charge in [-0.2, -0.15) is 0 Å². The SMILES string of the molecule is O=C1CCCC2=C1[C@@H](c1cccc(F)c1Br)n1c(nc3ccccc31)N2. The maximum atomic E-state index is 14.3. The van der Waals surface area contributed by atoms with Crippen molar-refractivity contribution < 1.29 is 9.18 Å². The molecule has 0 amide bonds. The van der Waals surface area contributed by atoms with Gasteiger partial charge in [0.15, 0.2) is 5.78 Å². The van der Waals surface area contributed by atoms with Gasteiger partial charge in [0.1, 0.15) is 5.82 Å². The van der Waals surface area contributed by atoms with Gasteiger partial charge in [-0.05, 0) is 52.5 Å². The number of halogens is 2. The lowest BCUT2D eigenvalue weighted by atomic mass is 9.85. The third-order valence-corrected chi connectivity index (χ3v) is 5.96. The molecule has 1 N–H and O–H groups in total. The van der Waals surface area contributed by atoms with Crippen LogP contribution in [0, 0.1) is 5.82 Å². The zero-order chi connectivity index (χ0) is 17.8. The number of hydrogen-bond acceptors (Lipinski definition) is 3. The first-order valence-corrected chi connectivity index (χ1v) is 9.38. The molecule has 0 radical (unpaired) electrons. The number of ketones is 1. The zero-order valence-corrected chi connectivity index (χ0v) is 15.4. The average Bonchev–Trinajstić information content (AvgIpc) is 3.01. The summed E-state index contributed by atoms with van der Waals surface area (Å²) in [4.78, 5) is 17.5. The summed E-state index contributed by atoms with van der Waals surface area (Å²) in [6.07, 6.45) is 2.14. The third kappa shape index (κ3) is 2.18. The van der Waals surface area contributed by atoms with Crippen molar-refractivity contribution in [3.63, 3.8) is 0 Å². The van der Waals surface area contributed by atoms with Crippen LogP contribution in [0.5, 0.6) is 0 Å². The molecule has 1 aromatic heterocycles. The molecular formula is C20H15BrFN3O. The van der Waals surface area contributed by atoms with Crippen molar-refractivity contribution in [2.24, 2.45) is 0 Å². The number of benzene rings is 2. The molecule has 0 unspecified atom stereocenters. The molecule has 5 rings (SSSR count). The van der Waals surface area contributed by atoms with Crippen LogP contribution < -0.4 is 5.32 Å². The van der Waals surface area contributed by atoms with E-state index in [2.05, 4.69) is 21.2 Å². The van der Waals surface area contributed by atoms with Crippen molar-refractivity contribution in [1.29, 1.82) is 0 Å². The molecule has 3 aromatic rings. The minimum Gasteiger partial charge on any atom is -0.329 e. The van der Waals surface area contributed by atoms with Crippen LogP contribution in [-0.4, -0.2) is 15.3 Å². The average molecular weight is 412 g/mol. The molecule has 4 nitrogen and oxygen atoms in total. The van der Waals surface area contributed by atoms with Crippen molar-refractivity contribution in [3.8, 4) is 0 Å². The zero-order valence-electron chi connectivity index (χ0n) is 13.8. The summed E-state index contributed by atoms with van der Waals surface area (Å²) in [7, 11) is 0. The summed E-state index contributed by atoms with van der Waals surface area (Å²) >= 11 is 3.39. The first kappa shape index (κ1) is 15.8. The Morgan fingerprint density at radius 2 is 2.00 bits per heavy atom. The highest BCUT2D eigenvalue weighted by Gasteiger charge is 2.37. The number of allylic oxidation sites excluding steroid dienone is 2. The van der Waals surface area contributed by atoms with E-state index in [1.807, 2.05) is 34.9 Å². The maximum Gasteiger partial charge on any atom is 0.209 e. The number of fused-ring (bicyclic) bond motifs is 3. The van der Waals surface area contributed by atoms with Crippen LogP contribution in [0.2, 0.25) is 0 Å². The van der Waals surface area contributed by atoms with Gasteiger partial charge >= 0.3 is 0 Å². The molecule has 26 heavy (non-hydrogen) atoms. The van der Waals surface area contributed by atoms with E-state index in [1.54, 1.807) is 6.07 Å². The van der Waals surface area contributed by atoms with E-state index in [1.165, 1.54) is 6.07 Å². The standard InChI is InChI=1S/C20H15BrFN3O/c21-18-11(5-3-6-12(18)22)19-17-14(8-4-10-16(17)26)24-20-23-13-7-1-2-9-15(13)25(19)20/h1-3,5-7,9,19H,4,8,10H2,(H,23,24)/t19-/m1/s1.